The molecule has 2 heterocycles. The second-order valence-electron chi connectivity index (χ2n) is 3.22. The Hall–Kier alpha value is -1.35. The second-order valence-corrected chi connectivity index (χ2v) is 3.22. The minimum atomic E-state index is 0.0332. The van der Waals surface area contributed by atoms with Crippen molar-refractivity contribution in [3.05, 3.63) is 35.3 Å². The van der Waals surface area contributed by atoms with Gasteiger partial charge in [0.15, 0.2) is 0 Å². The Morgan fingerprint density at radius 2 is 2.15 bits per heavy atom. The third-order valence-electron chi connectivity index (χ3n) is 2.28. The number of hydrogen-bond donors (Lipinski definition) is 1. The molecule has 0 fully saturated rings. The van der Waals surface area contributed by atoms with Crippen LogP contribution in [-0.4, -0.2) is 14.5 Å². The van der Waals surface area contributed by atoms with Crippen LogP contribution in [0.2, 0.25) is 0 Å². The number of fused-ring (bicyclic) bond motifs is 1. The van der Waals surface area contributed by atoms with E-state index in [0.29, 0.717) is 0 Å². The van der Waals surface area contributed by atoms with E-state index in [1.807, 2.05) is 30.4 Å². The SMILES string of the molecule is Cc1ccc(C)n2c(CO)cnc12. The zero-order valence-electron chi connectivity index (χ0n) is 7.78. The minimum Gasteiger partial charge on any atom is -0.390 e. The van der Waals surface area contributed by atoms with Crippen LogP contribution in [0.25, 0.3) is 5.65 Å². The van der Waals surface area contributed by atoms with E-state index in [1.165, 1.54) is 0 Å². The molecule has 0 aromatic carbocycles. The maximum absolute atomic E-state index is 9.08. The highest BCUT2D eigenvalue weighted by molar-refractivity contribution is 5.49. The minimum absolute atomic E-state index is 0.0332. The van der Waals surface area contributed by atoms with Gasteiger partial charge in [0.1, 0.15) is 5.65 Å². The molecule has 0 saturated carbocycles. The summed E-state index contributed by atoms with van der Waals surface area (Å²) < 4.78 is 1.98. The smallest absolute Gasteiger partial charge is 0.140 e. The van der Waals surface area contributed by atoms with Gasteiger partial charge in [0.25, 0.3) is 0 Å². The monoisotopic (exact) mass is 176 g/mol. The van der Waals surface area contributed by atoms with Crippen molar-refractivity contribution in [2.75, 3.05) is 0 Å². The van der Waals surface area contributed by atoms with Gasteiger partial charge in [-0.2, -0.15) is 0 Å². The molecule has 0 aliphatic carbocycles. The first-order valence-corrected chi connectivity index (χ1v) is 4.27. The number of aliphatic hydroxyl groups is 1. The van der Waals surface area contributed by atoms with Crippen molar-refractivity contribution in [2.45, 2.75) is 20.5 Å². The van der Waals surface area contributed by atoms with Crippen molar-refractivity contribution < 1.29 is 5.11 Å². The maximum Gasteiger partial charge on any atom is 0.140 e. The van der Waals surface area contributed by atoms with Crippen molar-refractivity contribution in [2.24, 2.45) is 0 Å². The molecular weight excluding hydrogens is 164 g/mol. The summed E-state index contributed by atoms with van der Waals surface area (Å²) in [5.74, 6) is 0. The van der Waals surface area contributed by atoms with Crippen molar-refractivity contribution in [3.8, 4) is 0 Å². The topological polar surface area (TPSA) is 37.5 Å². The van der Waals surface area contributed by atoms with E-state index in [4.69, 9.17) is 5.11 Å². The molecule has 13 heavy (non-hydrogen) atoms. The Labute approximate surface area is 76.7 Å². The molecule has 68 valence electrons. The van der Waals surface area contributed by atoms with Crippen LogP contribution in [0.5, 0.6) is 0 Å². The lowest BCUT2D eigenvalue weighted by Crippen LogP contribution is -1.97. The van der Waals surface area contributed by atoms with Crippen molar-refractivity contribution in [3.63, 3.8) is 0 Å². The summed E-state index contributed by atoms with van der Waals surface area (Å²) in [6, 6.07) is 4.07. The van der Waals surface area contributed by atoms with E-state index in [9.17, 15) is 0 Å². The predicted molar refractivity (Wildman–Crippen MR) is 50.6 cm³/mol. The molecule has 0 atom stereocenters. The largest absolute Gasteiger partial charge is 0.390 e. The summed E-state index contributed by atoms with van der Waals surface area (Å²) in [4.78, 5) is 4.25. The lowest BCUT2D eigenvalue weighted by Gasteiger charge is -2.04. The molecule has 0 unspecified atom stereocenters. The Balaban J connectivity index is 2.87. The van der Waals surface area contributed by atoms with Crippen molar-refractivity contribution in [1.82, 2.24) is 9.38 Å². The van der Waals surface area contributed by atoms with Crippen LogP contribution in [-0.2, 0) is 6.61 Å². The Morgan fingerprint density at radius 1 is 1.38 bits per heavy atom. The lowest BCUT2D eigenvalue weighted by molar-refractivity contribution is 0.275. The van der Waals surface area contributed by atoms with E-state index in [2.05, 4.69) is 4.98 Å². The first kappa shape index (κ1) is 8.26. The van der Waals surface area contributed by atoms with Crippen LogP contribution < -0.4 is 0 Å². The fourth-order valence-electron chi connectivity index (χ4n) is 1.57. The number of nitrogens with zero attached hydrogens (tertiary/aromatic N) is 2. The van der Waals surface area contributed by atoms with Gasteiger partial charge in [-0.15, -0.1) is 0 Å². The highest BCUT2D eigenvalue weighted by Crippen LogP contribution is 2.14. The quantitative estimate of drug-likeness (QED) is 0.714. The summed E-state index contributed by atoms with van der Waals surface area (Å²) >= 11 is 0. The van der Waals surface area contributed by atoms with Crippen molar-refractivity contribution >= 4 is 5.65 Å². The van der Waals surface area contributed by atoms with Crippen LogP contribution >= 0.6 is 0 Å². The van der Waals surface area contributed by atoms with Gasteiger partial charge in [0.2, 0.25) is 0 Å². The van der Waals surface area contributed by atoms with Crippen LogP contribution in [0.4, 0.5) is 0 Å². The van der Waals surface area contributed by atoms with Crippen LogP contribution in [0.15, 0.2) is 18.3 Å². The van der Waals surface area contributed by atoms with Gasteiger partial charge in [-0.3, -0.25) is 4.40 Å². The summed E-state index contributed by atoms with van der Waals surface area (Å²) in [5, 5.41) is 9.08. The summed E-state index contributed by atoms with van der Waals surface area (Å²) in [7, 11) is 0. The third kappa shape index (κ3) is 1.12. The maximum atomic E-state index is 9.08. The Kier molecular flexibility index (Phi) is 1.81. The zero-order valence-corrected chi connectivity index (χ0v) is 7.78. The summed E-state index contributed by atoms with van der Waals surface area (Å²) in [6.07, 6.45) is 1.72. The average Bonchev–Trinajstić information content (AvgIpc) is 2.56. The van der Waals surface area contributed by atoms with Crippen LogP contribution in [0, 0.1) is 13.8 Å². The van der Waals surface area contributed by atoms with Gasteiger partial charge < -0.3 is 5.11 Å². The molecule has 0 aliphatic rings. The van der Waals surface area contributed by atoms with Crippen molar-refractivity contribution in [1.29, 1.82) is 0 Å². The molecule has 2 aromatic rings. The highest BCUT2D eigenvalue weighted by Gasteiger charge is 2.05. The zero-order chi connectivity index (χ0) is 9.42. The van der Waals surface area contributed by atoms with Gasteiger partial charge in [0, 0.05) is 5.69 Å². The van der Waals surface area contributed by atoms with Gasteiger partial charge in [-0.05, 0) is 25.5 Å². The third-order valence-corrected chi connectivity index (χ3v) is 2.28. The fraction of sp³-hybridized carbons (Fsp3) is 0.300. The average molecular weight is 176 g/mol. The summed E-state index contributed by atoms with van der Waals surface area (Å²) in [6.45, 7) is 4.06. The normalized spacial score (nSPS) is 11.0. The fourth-order valence-corrected chi connectivity index (χ4v) is 1.57. The number of pyridine rings is 1. The highest BCUT2D eigenvalue weighted by atomic mass is 16.3. The summed E-state index contributed by atoms with van der Waals surface area (Å²) in [5.41, 5.74) is 4.01. The first-order chi connectivity index (χ1) is 6.24. The van der Waals surface area contributed by atoms with E-state index in [0.717, 1.165) is 22.6 Å². The molecule has 2 aromatic heterocycles. The van der Waals surface area contributed by atoms with Gasteiger partial charge in [0.05, 0.1) is 18.5 Å². The molecule has 0 amide bonds. The molecular formula is C10H12N2O. The van der Waals surface area contributed by atoms with Crippen LogP contribution in [0.3, 0.4) is 0 Å². The molecule has 0 spiro atoms. The van der Waals surface area contributed by atoms with Gasteiger partial charge >= 0.3 is 0 Å². The number of imidazole rings is 1. The predicted octanol–water partition coefficient (Wildman–Crippen LogP) is 1.44. The number of hydrogen-bond acceptors (Lipinski definition) is 2. The van der Waals surface area contributed by atoms with E-state index in [-0.39, 0.29) is 6.61 Å². The van der Waals surface area contributed by atoms with E-state index < -0.39 is 0 Å². The molecule has 3 heteroatoms. The molecule has 0 saturated heterocycles. The van der Waals surface area contributed by atoms with E-state index in [1.54, 1.807) is 6.20 Å². The molecule has 0 aliphatic heterocycles. The van der Waals surface area contributed by atoms with Gasteiger partial charge in [-0.25, -0.2) is 4.98 Å². The second kappa shape index (κ2) is 2.85. The molecule has 1 N–H and O–H groups in total. The Morgan fingerprint density at radius 3 is 2.85 bits per heavy atom. The number of aromatic nitrogens is 2. The Bertz CT molecular complexity index is 445. The molecule has 3 nitrogen and oxygen atoms in total. The number of aliphatic hydroxyl groups excluding tert-OH is 1. The van der Waals surface area contributed by atoms with Gasteiger partial charge in [-0.1, -0.05) is 6.07 Å². The lowest BCUT2D eigenvalue weighted by atomic mass is 10.2. The molecule has 0 bridgehead atoms. The van der Waals surface area contributed by atoms with E-state index >= 15 is 0 Å². The molecule has 2 rings (SSSR count). The standard InChI is InChI=1S/C10H12N2O/c1-7-3-4-8(2)12-9(6-13)5-11-10(7)12/h3-5,13H,6H2,1-2H3. The molecule has 0 radical (unpaired) electrons. The van der Waals surface area contributed by atoms with Crippen LogP contribution in [0.1, 0.15) is 17.0 Å². The number of aryl methyl sites for hydroxylation is 2. The first-order valence-electron chi connectivity index (χ1n) is 4.27. The number of rotatable bonds is 1.